The number of nitrogens with zero attached hydrogens (tertiary/aromatic N) is 2. The second-order valence-corrected chi connectivity index (χ2v) is 6.21. The van der Waals surface area contributed by atoms with E-state index in [1.165, 1.54) is 36.2 Å². The van der Waals surface area contributed by atoms with E-state index >= 15 is 0 Å². The summed E-state index contributed by atoms with van der Waals surface area (Å²) in [6.45, 7) is 10.8. The van der Waals surface area contributed by atoms with E-state index in [1.807, 2.05) is 0 Å². The van der Waals surface area contributed by atoms with Crippen molar-refractivity contribution in [3.63, 3.8) is 0 Å². The van der Waals surface area contributed by atoms with Crippen molar-refractivity contribution in [2.45, 2.75) is 59.3 Å². The first kappa shape index (κ1) is 14.4. The molecule has 0 radical (unpaired) electrons. The molecule has 19 heavy (non-hydrogen) atoms. The molecule has 0 amide bonds. The highest BCUT2D eigenvalue weighted by molar-refractivity contribution is 5.26. The Hall–Kier alpha value is -0.960. The third kappa shape index (κ3) is 3.75. The van der Waals surface area contributed by atoms with Crippen molar-refractivity contribution in [3.8, 4) is 0 Å². The Morgan fingerprint density at radius 1 is 1.16 bits per heavy atom. The molecule has 0 aliphatic heterocycles. The first-order valence-corrected chi connectivity index (χ1v) is 7.62. The van der Waals surface area contributed by atoms with Gasteiger partial charge >= 0.3 is 0 Å². The van der Waals surface area contributed by atoms with Crippen LogP contribution in [0.25, 0.3) is 0 Å². The highest BCUT2D eigenvalue weighted by Crippen LogP contribution is 2.34. The van der Waals surface area contributed by atoms with E-state index in [0.29, 0.717) is 11.8 Å². The molecule has 2 rings (SSSR count). The van der Waals surface area contributed by atoms with Gasteiger partial charge in [-0.1, -0.05) is 20.3 Å². The van der Waals surface area contributed by atoms with Crippen LogP contribution in [0, 0.1) is 19.8 Å². The molecule has 0 spiro atoms. The molecule has 0 atom stereocenters. The summed E-state index contributed by atoms with van der Waals surface area (Å²) >= 11 is 0. The molecule has 1 fully saturated rings. The molecule has 1 aromatic heterocycles. The lowest BCUT2D eigenvalue weighted by Crippen LogP contribution is -2.23. The number of hydrogen-bond donors (Lipinski definition) is 1. The fourth-order valence-corrected chi connectivity index (χ4v) is 2.58. The Morgan fingerprint density at radius 2 is 1.79 bits per heavy atom. The zero-order chi connectivity index (χ0) is 13.8. The van der Waals surface area contributed by atoms with Crippen LogP contribution in [0.15, 0.2) is 0 Å². The maximum atomic E-state index is 4.73. The monoisotopic (exact) mass is 261 g/mol. The molecule has 1 aliphatic rings. The summed E-state index contributed by atoms with van der Waals surface area (Å²) < 4.78 is 0. The number of aromatic nitrogens is 2. The van der Waals surface area contributed by atoms with Crippen LogP contribution in [-0.2, 0) is 6.42 Å². The molecule has 3 nitrogen and oxygen atoms in total. The SMILES string of the molecule is Cc1nc(C2CCC2)nc(C)c1CCNCC(C)C. The van der Waals surface area contributed by atoms with Gasteiger partial charge in [-0.15, -0.1) is 0 Å². The van der Waals surface area contributed by atoms with Gasteiger partial charge in [-0.05, 0) is 57.7 Å². The van der Waals surface area contributed by atoms with Crippen molar-refractivity contribution in [3.05, 3.63) is 22.8 Å². The third-order valence-corrected chi connectivity index (χ3v) is 4.01. The first-order chi connectivity index (χ1) is 9.08. The Kier molecular flexibility index (Phi) is 4.92. The van der Waals surface area contributed by atoms with Gasteiger partial charge in [-0.25, -0.2) is 9.97 Å². The zero-order valence-electron chi connectivity index (χ0n) is 12.8. The van der Waals surface area contributed by atoms with Crippen LogP contribution in [-0.4, -0.2) is 23.1 Å². The highest BCUT2D eigenvalue weighted by atomic mass is 14.9. The van der Waals surface area contributed by atoms with Crippen LogP contribution in [0.2, 0.25) is 0 Å². The van der Waals surface area contributed by atoms with Crippen molar-refractivity contribution in [1.29, 1.82) is 0 Å². The molecule has 1 heterocycles. The van der Waals surface area contributed by atoms with Crippen LogP contribution in [0.5, 0.6) is 0 Å². The maximum Gasteiger partial charge on any atom is 0.131 e. The van der Waals surface area contributed by atoms with Crippen LogP contribution in [0.4, 0.5) is 0 Å². The third-order valence-electron chi connectivity index (χ3n) is 4.01. The van der Waals surface area contributed by atoms with Crippen molar-refractivity contribution < 1.29 is 0 Å². The fraction of sp³-hybridized carbons (Fsp3) is 0.750. The van der Waals surface area contributed by atoms with Crippen LogP contribution in [0.3, 0.4) is 0 Å². The zero-order valence-corrected chi connectivity index (χ0v) is 12.8. The van der Waals surface area contributed by atoms with E-state index in [2.05, 4.69) is 33.0 Å². The number of hydrogen-bond acceptors (Lipinski definition) is 3. The minimum atomic E-state index is 0.630. The van der Waals surface area contributed by atoms with Gasteiger partial charge in [0.05, 0.1) is 0 Å². The summed E-state index contributed by atoms with van der Waals surface area (Å²) in [4.78, 5) is 9.46. The molecule has 0 unspecified atom stereocenters. The van der Waals surface area contributed by atoms with E-state index in [1.54, 1.807) is 0 Å². The molecule has 106 valence electrons. The van der Waals surface area contributed by atoms with E-state index in [9.17, 15) is 0 Å². The van der Waals surface area contributed by atoms with Gasteiger partial charge in [-0.3, -0.25) is 0 Å². The maximum absolute atomic E-state index is 4.73. The van der Waals surface area contributed by atoms with Gasteiger partial charge < -0.3 is 5.32 Å². The second-order valence-electron chi connectivity index (χ2n) is 6.21. The van der Waals surface area contributed by atoms with Gasteiger partial charge in [0.1, 0.15) is 5.82 Å². The van der Waals surface area contributed by atoms with Crippen LogP contribution in [0.1, 0.15) is 61.8 Å². The molecule has 1 aliphatic carbocycles. The average molecular weight is 261 g/mol. The van der Waals surface area contributed by atoms with Crippen molar-refractivity contribution in [2.24, 2.45) is 5.92 Å². The van der Waals surface area contributed by atoms with E-state index in [0.717, 1.165) is 25.3 Å². The summed E-state index contributed by atoms with van der Waals surface area (Å²) in [7, 11) is 0. The Labute approximate surface area is 117 Å². The predicted molar refractivity (Wildman–Crippen MR) is 79.5 cm³/mol. The predicted octanol–water partition coefficient (Wildman–Crippen LogP) is 3.15. The van der Waals surface area contributed by atoms with Crippen LogP contribution >= 0.6 is 0 Å². The average Bonchev–Trinajstić information content (AvgIpc) is 2.24. The summed E-state index contributed by atoms with van der Waals surface area (Å²) in [6.07, 6.45) is 4.92. The Morgan fingerprint density at radius 3 is 2.26 bits per heavy atom. The van der Waals surface area contributed by atoms with Gasteiger partial charge in [0, 0.05) is 17.3 Å². The van der Waals surface area contributed by atoms with E-state index < -0.39 is 0 Å². The molecule has 1 N–H and O–H groups in total. The molecule has 0 bridgehead atoms. The molecule has 3 heteroatoms. The van der Waals surface area contributed by atoms with Gasteiger partial charge in [0.2, 0.25) is 0 Å². The first-order valence-electron chi connectivity index (χ1n) is 7.62. The lowest BCUT2D eigenvalue weighted by molar-refractivity contribution is 0.399. The fourth-order valence-electron chi connectivity index (χ4n) is 2.58. The smallest absolute Gasteiger partial charge is 0.131 e. The van der Waals surface area contributed by atoms with Crippen molar-refractivity contribution in [1.82, 2.24) is 15.3 Å². The summed E-state index contributed by atoms with van der Waals surface area (Å²) in [5.74, 6) is 2.42. The topological polar surface area (TPSA) is 37.8 Å². The molecule has 0 aromatic carbocycles. The molecule has 0 saturated heterocycles. The molecular formula is C16H27N3. The van der Waals surface area contributed by atoms with Gasteiger partial charge in [-0.2, -0.15) is 0 Å². The van der Waals surface area contributed by atoms with Crippen molar-refractivity contribution >= 4 is 0 Å². The van der Waals surface area contributed by atoms with E-state index in [-0.39, 0.29) is 0 Å². The minimum Gasteiger partial charge on any atom is -0.316 e. The lowest BCUT2D eigenvalue weighted by Gasteiger charge is -2.25. The second kappa shape index (κ2) is 6.47. The quantitative estimate of drug-likeness (QED) is 0.799. The van der Waals surface area contributed by atoms with Gasteiger partial charge in [0.15, 0.2) is 0 Å². The summed E-state index contributed by atoms with van der Waals surface area (Å²) in [6, 6.07) is 0. The highest BCUT2D eigenvalue weighted by Gasteiger charge is 2.23. The largest absolute Gasteiger partial charge is 0.316 e. The summed E-state index contributed by atoms with van der Waals surface area (Å²) in [5.41, 5.74) is 3.70. The standard InChI is InChI=1S/C16H27N3/c1-11(2)10-17-9-8-15-12(3)18-16(19-13(15)4)14-6-5-7-14/h11,14,17H,5-10H2,1-4H3. The molecule has 1 saturated carbocycles. The number of rotatable bonds is 6. The molecule has 1 aromatic rings. The Balaban J connectivity index is 1.96. The van der Waals surface area contributed by atoms with Crippen LogP contribution < -0.4 is 5.32 Å². The minimum absolute atomic E-state index is 0.630. The summed E-state index contributed by atoms with van der Waals surface area (Å²) in [5, 5.41) is 3.49. The molecular weight excluding hydrogens is 234 g/mol. The Bertz CT molecular complexity index is 399. The van der Waals surface area contributed by atoms with E-state index in [4.69, 9.17) is 9.97 Å². The van der Waals surface area contributed by atoms with Crippen molar-refractivity contribution in [2.75, 3.05) is 13.1 Å². The van der Waals surface area contributed by atoms with Gasteiger partial charge in [0.25, 0.3) is 0 Å². The number of nitrogens with one attached hydrogen (secondary N) is 1. The number of aryl methyl sites for hydroxylation is 2. The normalized spacial score (nSPS) is 15.8. The lowest BCUT2D eigenvalue weighted by atomic mass is 9.84.